The number of carbonyl (C=O) groups excluding carboxylic acids is 2. The zero-order chi connectivity index (χ0) is 22.5. The van der Waals surface area contributed by atoms with E-state index in [1.54, 1.807) is 18.2 Å². The zero-order valence-electron chi connectivity index (χ0n) is 18.6. The molecule has 0 unspecified atom stereocenters. The average Bonchev–Trinajstić information content (AvgIpc) is 2.63. The number of hydrogen-bond donors (Lipinski definition) is 1. The number of piperidine rings is 1. The molecule has 1 aromatic carbocycles. The summed E-state index contributed by atoms with van der Waals surface area (Å²) < 4.78 is 5.24. The van der Waals surface area contributed by atoms with Crippen molar-refractivity contribution in [2.24, 2.45) is 11.3 Å². The van der Waals surface area contributed by atoms with Gasteiger partial charge in [0.2, 0.25) is 0 Å². The normalized spacial score (nSPS) is 15.6. The lowest BCUT2D eigenvalue weighted by atomic mass is 9.82. The minimum absolute atomic E-state index is 0.0630. The second kappa shape index (κ2) is 9.45. The zero-order valence-corrected chi connectivity index (χ0v) is 18.6. The van der Waals surface area contributed by atoms with Gasteiger partial charge in [0, 0.05) is 24.7 Å². The van der Waals surface area contributed by atoms with Crippen LogP contribution in [0.2, 0.25) is 0 Å². The van der Waals surface area contributed by atoms with Gasteiger partial charge in [0.05, 0.1) is 10.8 Å². The number of hydrogen-bond acceptors (Lipinski definition) is 6. The number of nitrogens with zero attached hydrogens (tertiary/aromatic N) is 2. The molecule has 1 heterocycles. The Kier molecular flexibility index (Phi) is 7.44. The molecule has 166 valence electrons. The van der Waals surface area contributed by atoms with E-state index in [-0.39, 0.29) is 35.5 Å². The van der Waals surface area contributed by atoms with E-state index in [9.17, 15) is 19.7 Å². The molecule has 1 aliphatic heterocycles. The van der Waals surface area contributed by atoms with E-state index >= 15 is 0 Å². The number of nitro groups is 1. The highest BCUT2D eigenvalue weighted by molar-refractivity contribution is 5.82. The van der Waals surface area contributed by atoms with Crippen LogP contribution in [0.3, 0.4) is 0 Å². The number of nitrogens with one attached hydrogen (secondary N) is 1. The Bertz CT molecular complexity index is 777. The van der Waals surface area contributed by atoms with Crippen molar-refractivity contribution in [1.82, 2.24) is 5.32 Å². The molecule has 1 aromatic rings. The van der Waals surface area contributed by atoms with Crippen LogP contribution in [0.25, 0.3) is 0 Å². The first kappa shape index (κ1) is 23.6. The number of para-hydroxylation sites is 2. The predicted octanol–water partition coefficient (Wildman–Crippen LogP) is 3.69. The van der Waals surface area contributed by atoms with E-state index in [0.29, 0.717) is 31.6 Å². The summed E-state index contributed by atoms with van der Waals surface area (Å²) >= 11 is 0. The molecule has 0 atom stereocenters. The molecule has 8 heteroatoms. The third kappa shape index (κ3) is 7.00. The van der Waals surface area contributed by atoms with E-state index in [1.807, 2.05) is 18.7 Å². The topological polar surface area (TPSA) is 102 Å². The van der Waals surface area contributed by atoms with Crippen molar-refractivity contribution in [1.29, 1.82) is 0 Å². The lowest BCUT2D eigenvalue weighted by molar-refractivity contribution is -0.384. The van der Waals surface area contributed by atoms with Gasteiger partial charge >= 0.3 is 5.97 Å². The Morgan fingerprint density at radius 3 is 2.33 bits per heavy atom. The Hall–Kier alpha value is -2.64. The highest BCUT2D eigenvalue weighted by Gasteiger charge is 2.30. The highest BCUT2D eigenvalue weighted by Crippen LogP contribution is 2.31. The second-order valence-corrected chi connectivity index (χ2v) is 9.78. The molecular weight excluding hydrogens is 386 g/mol. The molecule has 0 bridgehead atoms. The molecule has 0 aromatic heterocycles. The first-order chi connectivity index (χ1) is 13.9. The molecule has 1 fully saturated rings. The maximum atomic E-state index is 12.4. The summed E-state index contributed by atoms with van der Waals surface area (Å²) in [5.74, 6) is -1.00. The number of rotatable bonds is 7. The summed E-state index contributed by atoms with van der Waals surface area (Å²) in [5, 5.41) is 14.2. The van der Waals surface area contributed by atoms with Crippen LogP contribution in [0.15, 0.2) is 24.3 Å². The van der Waals surface area contributed by atoms with E-state index in [4.69, 9.17) is 4.74 Å². The van der Waals surface area contributed by atoms with E-state index in [2.05, 4.69) is 26.1 Å². The lowest BCUT2D eigenvalue weighted by Gasteiger charge is -2.33. The predicted molar refractivity (Wildman–Crippen MR) is 115 cm³/mol. The summed E-state index contributed by atoms with van der Waals surface area (Å²) in [4.78, 5) is 37.4. The number of nitro benzene ring substituents is 1. The summed E-state index contributed by atoms with van der Waals surface area (Å²) in [5.41, 5.74) is 0.301. The van der Waals surface area contributed by atoms with Crippen LogP contribution < -0.4 is 10.2 Å². The van der Waals surface area contributed by atoms with Crippen molar-refractivity contribution in [3.8, 4) is 0 Å². The molecule has 1 amide bonds. The molecule has 8 nitrogen and oxygen atoms in total. The molecule has 1 aliphatic rings. The Labute approximate surface area is 178 Å². The fraction of sp³-hybridized carbons (Fsp3) is 0.636. The standard InChI is InChI=1S/C22H33N3O5/c1-21(2,3)15-22(4,5)23-19(26)14-30-20(27)16-10-12-24(13-11-16)17-8-6-7-9-18(17)25(28)29/h6-9,16H,10-15H2,1-5H3,(H,23,26). The minimum atomic E-state index is -0.393. The molecular formula is C22H33N3O5. The molecule has 0 radical (unpaired) electrons. The largest absolute Gasteiger partial charge is 0.455 e. The lowest BCUT2D eigenvalue weighted by Crippen LogP contribution is -2.47. The highest BCUT2D eigenvalue weighted by atomic mass is 16.6. The SMILES string of the molecule is CC(C)(C)CC(C)(C)NC(=O)COC(=O)C1CCN(c2ccccc2[N+](=O)[O-])CC1. The number of amides is 1. The molecule has 0 saturated carbocycles. The van der Waals surface area contributed by atoms with E-state index in [1.165, 1.54) is 6.07 Å². The van der Waals surface area contributed by atoms with Crippen molar-refractivity contribution in [2.75, 3.05) is 24.6 Å². The van der Waals surface area contributed by atoms with Gasteiger partial charge in [-0.25, -0.2) is 0 Å². The molecule has 0 aliphatic carbocycles. The fourth-order valence-electron chi connectivity index (χ4n) is 4.28. The smallest absolute Gasteiger partial charge is 0.309 e. The van der Waals surface area contributed by atoms with Crippen LogP contribution in [0.5, 0.6) is 0 Å². The molecule has 1 N–H and O–H groups in total. The van der Waals surface area contributed by atoms with Gasteiger partial charge in [-0.1, -0.05) is 32.9 Å². The number of carbonyl (C=O) groups is 2. The third-order valence-electron chi connectivity index (χ3n) is 5.04. The van der Waals surface area contributed by atoms with Crippen LogP contribution in [0.1, 0.15) is 53.9 Å². The van der Waals surface area contributed by atoms with Gasteiger partial charge in [0.15, 0.2) is 6.61 Å². The molecule has 1 saturated heterocycles. The number of anilines is 1. The van der Waals surface area contributed by atoms with Gasteiger partial charge < -0.3 is 15.0 Å². The van der Waals surface area contributed by atoms with Crippen molar-refractivity contribution in [3.63, 3.8) is 0 Å². The maximum absolute atomic E-state index is 12.4. The monoisotopic (exact) mass is 419 g/mol. The van der Waals surface area contributed by atoms with Gasteiger partial charge in [0.25, 0.3) is 11.6 Å². The van der Waals surface area contributed by atoms with Crippen LogP contribution in [0.4, 0.5) is 11.4 Å². The minimum Gasteiger partial charge on any atom is -0.455 e. The Morgan fingerprint density at radius 1 is 1.17 bits per heavy atom. The molecule has 2 rings (SSSR count). The first-order valence-electron chi connectivity index (χ1n) is 10.3. The molecule has 30 heavy (non-hydrogen) atoms. The van der Waals surface area contributed by atoms with E-state index < -0.39 is 10.5 Å². The summed E-state index contributed by atoms with van der Waals surface area (Å²) in [6, 6.07) is 6.61. The third-order valence-corrected chi connectivity index (χ3v) is 5.04. The van der Waals surface area contributed by atoms with Crippen LogP contribution >= 0.6 is 0 Å². The van der Waals surface area contributed by atoms with Gasteiger partial charge in [-0.2, -0.15) is 0 Å². The van der Waals surface area contributed by atoms with Crippen molar-refractivity contribution < 1.29 is 19.2 Å². The van der Waals surface area contributed by atoms with Crippen molar-refractivity contribution in [3.05, 3.63) is 34.4 Å². The van der Waals surface area contributed by atoms with Gasteiger partial charge in [-0.05, 0) is 44.6 Å². The maximum Gasteiger partial charge on any atom is 0.309 e. The van der Waals surface area contributed by atoms with Crippen LogP contribution in [-0.2, 0) is 14.3 Å². The van der Waals surface area contributed by atoms with Crippen molar-refractivity contribution in [2.45, 2.75) is 59.4 Å². The Morgan fingerprint density at radius 2 is 1.77 bits per heavy atom. The van der Waals surface area contributed by atoms with Gasteiger partial charge in [-0.3, -0.25) is 19.7 Å². The van der Waals surface area contributed by atoms with Crippen LogP contribution in [0, 0.1) is 21.4 Å². The number of ether oxygens (including phenoxy) is 1. The fourth-order valence-corrected chi connectivity index (χ4v) is 4.28. The Balaban J connectivity index is 1.82. The molecule has 0 spiro atoms. The van der Waals surface area contributed by atoms with Gasteiger partial charge in [-0.15, -0.1) is 0 Å². The first-order valence-corrected chi connectivity index (χ1v) is 10.3. The summed E-state index contributed by atoms with van der Waals surface area (Å²) in [7, 11) is 0. The average molecular weight is 420 g/mol. The summed E-state index contributed by atoms with van der Waals surface area (Å²) in [6.45, 7) is 11.0. The van der Waals surface area contributed by atoms with Crippen molar-refractivity contribution >= 4 is 23.3 Å². The second-order valence-electron chi connectivity index (χ2n) is 9.78. The van der Waals surface area contributed by atoms with Crippen LogP contribution in [-0.4, -0.2) is 42.0 Å². The quantitative estimate of drug-likeness (QED) is 0.411. The van der Waals surface area contributed by atoms with Gasteiger partial charge in [0.1, 0.15) is 5.69 Å². The number of benzene rings is 1. The van der Waals surface area contributed by atoms with E-state index in [0.717, 1.165) is 6.42 Å². The number of esters is 1. The summed E-state index contributed by atoms with van der Waals surface area (Å²) in [6.07, 6.45) is 1.85.